The number of carbonyl (C=O) groups excluding carboxylic acids is 1. The summed E-state index contributed by atoms with van der Waals surface area (Å²) >= 11 is 0. The summed E-state index contributed by atoms with van der Waals surface area (Å²) < 4.78 is 20.0. The molecule has 0 heterocycles. The number of aliphatic imine (C=N–C) groups is 1. The number of halogens is 1. The van der Waals surface area contributed by atoms with Crippen molar-refractivity contribution in [3.05, 3.63) is 65.0 Å². The van der Waals surface area contributed by atoms with Gasteiger partial charge in [-0.05, 0) is 68.0 Å². The van der Waals surface area contributed by atoms with Crippen LogP contribution in [0.4, 0.5) is 4.39 Å². The molecule has 31 heavy (non-hydrogen) atoms. The van der Waals surface area contributed by atoms with Crippen molar-refractivity contribution in [3.63, 3.8) is 0 Å². The Labute approximate surface area is 183 Å². The highest BCUT2D eigenvalue weighted by Gasteiger charge is 2.22. The molecule has 2 aromatic carbocycles. The van der Waals surface area contributed by atoms with E-state index in [-0.39, 0.29) is 17.8 Å². The Balaban J connectivity index is 1.64. The maximum absolute atomic E-state index is 14.4. The highest BCUT2D eigenvalue weighted by Crippen LogP contribution is 2.30. The van der Waals surface area contributed by atoms with E-state index < -0.39 is 0 Å². The molecule has 1 atom stereocenters. The SMILES string of the molecule is CCNC(=NCc1cccc(C(=O)NC)c1)NC(C)c1ccc(OCC2CC2)c(F)c1. The van der Waals surface area contributed by atoms with Crippen LogP contribution in [0.2, 0.25) is 0 Å². The number of benzene rings is 2. The van der Waals surface area contributed by atoms with Gasteiger partial charge in [-0.15, -0.1) is 0 Å². The number of guanidine groups is 1. The van der Waals surface area contributed by atoms with Crippen LogP contribution in [-0.4, -0.2) is 32.1 Å². The van der Waals surface area contributed by atoms with E-state index in [9.17, 15) is 9.18 Å². The molecule has 0 aromatic heterocycles. The van der Waals surface area contributed by atoms with Gasteiger partial charge in [-0.2, -0.15) is 0 Å². The number of ether oxygens (including phenoxy) is 1. The molecule has 2 aromatic rings. The fourth-order valence-electron chi connectivity index (χ4n) is 3.13. The van der Waals surface area contributed by atoms with E-state index in [1.165, 1.54) is 18.9 Å². The van der Waals surface area contributed by atoms with E-state index >= 15 is 0 Å². The van der Waals surface area contributed by atoms with Crippen LogP contribution in [0.15, 0.2) is 47.5 Å². The van der Waals surface area contributed by atoms with Crippen LogP contribution in [0, 0.1) is 11.7 Å². The van der Waals surface area contributed by atoms with Gasteiger partial charge in [0.15, 0.2) is 17.5 Å². The number of carbonyl (C=O) groups is 1. The Kier molecular flexibility index (Phi) is 7.87. The van der Waals surface area contributed by atoms with Gasteiger partial charge in [-0.1, -0.05) is 18.2 Å². The molecule has 0 saturated heterocycles. The number of nitrogens with zero attached hydrogens (tertiary/aromatic N) is 1. The maximum atomic E-state index is 14.4. The zero-order chi connectivity index (χ0) is 22.2. The minimum Gasteiger partial charge on any atom is -0.490 e. The molecule has 1 saturated carbocycles. The lowest BCUT2D eigenvalue weighted by atomic mass is 10.1. The van der Waals surface area contributed by atoms with Crippen LogP contribution in [0.3, 0.4) is 0 Å². The van der Waals surface area contributed by atoms with Crippen LogP contribution in [0.1, 0.15) is 54.2 Å². The quantitative estimate of drug-likeness (QED) is 0.421. The van der Waals surface area contributed by atoms with Crippen molar-refractivity contribution in [2.75, 3.05) is 20.2 Å². The molecule has 1 amide bonds. The number of hydrogen-bond donors (Lipinski definition) is 3. The molecule has 1 fully saturated rings. The highest BCUT2D eigenvalue weighted by molar-refractivity contribution is 5.94. The van der Waals surface area contributed by atoms with E-state index in [1.54, 1.807) is 19.2 Å². The Morgan fingerprint density at radius 3 is 2.74 bits per heavy atom. The molecule has 1 unspecified atom stereocenters. The van der Waals surface area contributed by atoms with Crippen LogP contribution in [-0.2, 0) is 6.54 Å². The second-order valence-corrected chi connectivity index (χ2v) is 7.78. The van der Waals surface area contributed by atoms with Gasteiger partial charge >= 0.3 is 0 Å². The molecule has 3 rings (SSSR count). The zero-order valence-electron chi connectivity index (χ0n) is 18.4. The first-order chi connectivity index (χ1) is 15.0. The minimum absolute atomic E-state index is 0.129. The van der Waals surface area contributed by atoms with Gasteiger partial charge in [0.1, 0.15) is 0 Å². The lowest BCUT2D eigenvalue weighted by Gasteiger charge is -2.19. The Morgan fingerprint density at radius 1 is 1.26 bits per heavy atom. The third kappa shape index (κ3) is 6.70. The first kappa shape index (κ1) is 22.6. The molecule has 0 radical (unpaired) electrons. The average Bonchev–Trinajstić information content (AvgIpc) is 3.61. The highest BCUT2D eigenvalue weighted by atomic mass is 19.1. The van der Waals surface area contributed by atoms with Gasteiger partial charge in [0.25, 0.3) is 5.91 Å². The smallest absolute Gasteiger partial charge is 0.251 e. The van der Waals surface area contributed by atoms with Crippen molar-refractivity contribution in [2.24, 2.45) is 10.9 Å². The van der Waals surface area contributed by atoms with Gasteiger partial charge in [0.2, 0.25) is 0 Å². The normalized spacial score (nSPS) is 14.6. The van der Waals surface area contributed by atoms with E-state index in [0.29, 0.717) is 42.9 Å². The van der Waals surface area contributed by atoms with E-state index in [1.807, 2.05) is 38.1 Å². The van der Waals surface area contributed by atoms with Gasteiger partial charge in [-0.3, -0.25) is 4.79 Å². The van der Waals surface area contributed by atoms with Crippen LogP contribution in [0.25, 0.3) is 0 Å². The standard InChI is InChI=1S/C24H31FN4O2/c1-4-27-24(28-14-18-6-5-7-20(12-18)23(30)26-3)29-16(2)19-10-11-22(21(25)13-19)31-15-17-8-9-17/h5-7,10-13,16-17H,4,8-9,14-15H2,1-3H3,(H,26,30)(H2,27,28,29). The van der Waals surface area contributed by atoms with Crippen LogP contribution < -0.4 is 20.7 Å². The molecule has 7 heteroatoms. The molecule has 0 aliphatic heterocycles. The lowest BCUT2D eigenvalue weighted by Crippen LogP contribution is -2.38. The van der Waals surface area contributed by atoms with Crippen molar-refractivity contribution >= 4 is 11.9 Å². The van der Waals surface area contributed by atoms with E-state index in [0.717, 1.165) is 11.1 Å². The number of amides is 1. The molecular weight excluding hydrogens is 395 g/mol. The summed E-state index contributed by atoms with van der Waals surface area (Å²) in [7, 11) is 1.61. The predicted molar refractivity (Wildman–Crippen MR) is 121 cm³/mol. The molecular formula is C24H31FN4O2. The molecule has 0 spiro atoms. The lowest BCUT2D eigenvalue weighted by molar-refractivity contribution is 0.0963. The second-order valence-electron chi connectivity index (χ2n) is 7.78. The van der Waals surface area contributed by atoms with Gasteiger partial charge in [-0.25, -0.2) is 9.38 Å². The minimum atomic E-state index is -0.347. The van der Waals surface area contributed by atoms with Crippen molar-refractivity contribution in [1.82, 2.24) is 16.0 Å². The average molecular weight is 427 g/mol. The first-order valence-electron chi connectivity index (χ1n) is 10.8. The topological polar surface area (TPSA) is 74.8 Å². The largest absolute Gasteiger partial charge is 0.490 e. The predicted octanol–water partition coefficient (Wildman–Crippen LogP) is 3.79. The van der Waals surface area contributed by atoms with Gasteiger partial charge in [0, 0.05) is 19.2 Å². The molecule has 166 valence electrons. The Morgan fingerprint density at radius 2 is 2.06 bits per heavy atom. The van der Waals surface area contributed by atoms with E-state index in [4.69, 9.17) is 4.74 Å². The van der Waals surface area contributed by atoms with Crippen molar-refractivity contribution < 1.29 is 13.9 Å². The third-order valence-electron chi connectivity index (χ3n) is 5.16. The fraction of sp³-hybridized carbons (Fsp3) is 0.417. The van der Waals surface area contributed by atoms with Crippen molar-refractivity contribution in [1.29, 1.82) is 0 Å². The Hall–Kier alpha value is -3.09. The van der Waals surface area contributed by atoms with Gasteiger partial charge < -0.3 is 20.7 Å². The molecule has 1 aliphatic carbocycles. The second kappa shape index (κ2) is 10.8. The summed E-state index contributed by atoms with van der Waals surface area (Å²) in [5.41, 5.74) is 2.33. The van der Waals surface area contributed by atoms with E-state index in [2.05, 4.69) is 20.9 Å². The first-order valence-corrected chi connectivity index (χ1v) is 10.8. The summed E-state index contributed by atoms with van der Waals surface area (Å²) in [6.45, 7) is 5.63. The summed E-state index contributed by atoms with van der Waals surface area (Å²) in [5, 5.41) is 9.14. The zero-order valence-corrected chi connectivity index (χ0v) is 18.4. The maximum Gasteiger partial charge on any atom is 0.251 e. The number of hydrogen-bond acceptors (Lipinski definition) is 3. The monoisotopic (exact) mass is 426 g/mol. The fourth-order valence-corrected chi connectivity index (χ4v) is 3.13. The summed E-state index contributed by atoms with van der Waals surface area (Å²) in [5.74, 6) is 1.03. The van der Waals surface area contributed by atoms with Crippen LogP contribution >= 0.6 is 0 Å². The van der Waals surface area contributed by atoms with Crippen molar-refractivity contribution in [3.8, 4) is 5.75 Å². The Bertz CT molecular complexity index is 928. The summed E-state index contributed by atoms with van der Waals surface area (Å²) in [4.78, 5) is 16.4. The van der Waals surface area contributed by atoms with Gasteiger partial charge in [0.05, 0.1) is 19.2 Å². The molecule has 3 N–H and O–H groups in total. The molecule has 6 nitrogen and oxygen atoms in total. The number of rotatable bonds is 9. The molecule has 1 aliphatic rings. The number of nitrogens with one attached hydrogen (secondary N) is 3. The summed E-state index contributed by atoms with van der Waals surface area (Å²) in [6.07, 6.45) is 2.34. The van der Waals surface area contributed by atoms with Crippen LogP contribution in [0.5, 0.6) is 5.75 Å². The van der Waals surface area contributed by atoms with Crippen molar-refractivity contribution in [2.45, 2.75) is 39.3 Å². The third-order valence-corrected chi connectivity index (χ3v) is 5.16. The summed E-state index contributed by atoms with van der Waals surface area (Å²) in [6, 6.07) is 12.3. The molecule has 0 bridgehead atoms.